The van der Waals surface area contributed by atoms with Gasteiger partial charge in [-0.05, 0) is 39.2 Å². The average molecular weight is 529 g/mol. The fourth-order valence-corrected chi connectivity index (χ4v) is 4.17. The van der Waals surface area contributed by atoms with E-state index in [0.717, 1.165) is 50.4 Å². The first-order valence-corrected chi connectivity index (χ1v) is 11.1. The number of ether oxygens (including phenoxy) is 1. The molecule has 2 heterocycles. The summed E-state index contributed by atoms with van der Waals surface area (Å²) in [6, 6.07) is 4.13. The first kappa shape index (κ1) is 24.7. The van der Waals surface area contributed by atoms with E-state index >= 15 is 0 Å². The monoisotopic (exact) mass is 529 g/mol. The standard InChI is InChI=1S/C22H35N5O2.HI/c1-3-23-22(25-15-18-11-8-13-24-20(18)29-4-2)26-19-12-14-27(16-19)21(28)17-9-6-5-7-10-17;/h8,11,13,17,19H,3-7,9-10,12,14-16H2,1-2H3,(H2,23,25,26);1H. The van der Waals surface area contributed by atoms with Crippen LogP contribution in [-0.4, -0.2) is 54.0 Å². The highest BCUT2D eigenvalue weighted by molar-refractivity contribution is 14.0. The number of guanidine groups is 1. The maximum absolute atomic E-state index is 12.8. The van der Waals surface area contributed by atoms with E-state index in [4.69, 9.17) is 9.73 Å². The van der Waals surface area contributed by atoms with Crippen molar-refractivity contribution in [2.24, 2.45) is 10.9 Å². The number of carbonyl (C=O) groups is 1. The Labute approximate surface area is 197 Å². The lowest BCUT2D eigenvalue weighted by Gasteiger charge is -2.26. The van der Waals surface area contributed by atoms with Gasteiger partial charge in [-0.15, -0.1) is 24.0 Å². The number of nitrogens with one attached hydrogen (secondary N) is 2. The second kappa shape index (κ2) is 13.0. The molecule has 0 aromatic carbocycles. The van der Waals surface area contributed by atoms with E-state index in [-0.39, 0.29) is 35.9 Å². The van der Waals surface area contributed by atoms with E-state index in [2.05, 4.69) is 22.5 Å². The summed E-state index contributed by atoms with van der Waals surface area (Å²) >= 11 is 0. The number of amides is 1. The lowest BCUT2D eigenvalue weighted by Crippen LogP contribution is -2.45. The van der Waals surface area contributed by atoms with E-state index in [1.54, 1.807) is 6.20 Å². The van der Waals surface area contributed by atoms with Crippen LogP contribution < -0.4 is 15.4 Å². The second-order valence-electron chi connectivity index (χ2n) is 7.84. The number of hydrogen-bond donors (Lipinski definition) is 2. The Morgan fingerprint density at radius 2 is 2.07 bits per heavy atom. The predicted molar refractivity (Wildman–Crippen MR) is 130 cm³/mol. The molecule has 8 heteroatoms. The summed E-state index contributed by atoms with van der Waals surface area (Å²) < 4.78 is 5.60. The zero-order valence-electron chi connectivity index (χ0n) is 18.2. The third-order valence-corrected chi connectivity index (χ3v) is 5.68. The summed E-state index contributed by atoms with van der Waals surface area (Å²) in [6.45, 7) is 7.47. The summed E-state index contributed by atoms with van der Waals surface area (Å²) in [5.74, 6) is 2.01. The van der Waals surface area contributed by atoms with Crippen molar-refractivity contribution in [1.29, 1.82) is 0 Å². The Morgan fingerprint density at radius 1 is 1.27 bits per heavy atom. The number of pyridine rings is 1. The zero-order valence-corrected chi connectivity index (χ0v) is 20.6. The van der Waals surface area contributed by atoms with Gasteiger partial charge in [-0.25, -0.2) is 9.98 Å². The summed E-state index contributed by atoms with van der Waals surface area (Å²) in [5, 5.41) is 6.82. The molecular formula is C22H36IN5O2. The molecule has 1 saturated carbocycles. The molecule has 1 aromatic heterocycles. The van der Waals surface area contributed by atoms with Crippen molar-refractivity contribution in [3.05, 3.63) is 23.9 Å². The Hall–Kier alpha value is -1.58. The van der Waals surface area contributed by atoms with Gasteiger partial charge in [0, 0.05) is 43.4 Å². The number of carbonyl (C=O) groups excluding carboxylic acids is 1. The predicted octanol–water partition coefficient (Wildman–Crippen LogP) is 3.33. The minimum Gasteiger partial charge on any atom is -0.478 e. The number of aliphatic imine (C=N–C) groups is 1. The number of likely N-dealkylation sites (tertiary alicyclic amines) is 1. The van der Waals surface area contributed by atoms with Crippen LogP contribution in [0.25, 0.3) is 0 Å². The highest BCUT2D eigenvalue weighted by atomic mass is 127. The van der Waals surface area contributed by atoms with Gasteiger partial charge in [-0.3, -0.25) is 4.79 Å². The van der Waals surface area contributed by atoms with Gasteiger partial charge in [0.05, 0.1) is 13.2 Å². The molecule has 168 valence electrons. The Morgan fingerprint density at radius 3 is 2.80 bits per heavy atom. The van der Waals surface area contributed by atoms with Crippen molar-refractivity contribution in [2.75, 3.05) is 26.2 Å². The third-order valence-electron chi connectivity index (χ3n) is 5.68. The number of nitrogens with zero attached hydrogens (tertiary/aromatic N) is 3. The molecule has 0 bridgehead atoms. The fourth-order valence-electron chi connectivity index (χ4n) is 4.17. The minimum absolute atomic E-state index is 0. The molecule has 1 aliphatic carbocycles. The molecule has 1 saturated heterocycles. The van der Waals surface area contributed by atoms with Gasteiger partial charge in [-0.2, -0.15) is 0 Å². The summed E-state index contributed by atoms with van der Waals surface area (Å²) in [4.78, 5) is 23.9. The quantitative estimate of drug-likeness (QED) is 0.322. The summed E-state index contributed by atoms with van der Waals surface area (Å²) in [6.07, 6.45) is 8.48. The van der Waals surface area contributed by atoms with Crippen molar-refractivity contribution in [2.45, 2.75) is 65.0 Å². The van der Waals surface area contributed by atoms with Gasteiger partial charge in [0.25, 0.3) is 0 Å². The van der Waals surface area contributed by atoms with Gasteiger partial charge in [0.15, 0.2) is 5.96 Å². The number of aromatic nitrogens is 1. The van der Waals surface area contributed by atoms with Crippen LogP contribution in [0.1, 0.15) is 57.9 Å². The maximum atomic E-state index is 12.8. The van der Waals surface area contributed by atoms with Crippen molar-refractivity contribution in [3.63, 3.8) is 0 Å². The molecule has 1 amide bonds. The van der Waals surface area contributed by atoms with E-state index in [1.165, 1.54) is 19.3 Å². The van der Waals surface area contributed by atoms with Crippen LogP contribution in [0, 0.1) is 5.92 Å². The van der Waals surface area contributed by atoms with Gasteiger partial charge in [0.2, 0.25) is 11.8 Å². The first-order valence-electron chi connectivity index (χ1n) is 11.1. The number of rotatable bonds is 7. The van der Waals surface area contributed by atoms with E-state index in [0.29, 0.717) is 24.9 Å². The largest absolute Gasteiger partial charge is 0.478 e. The smallest absolute Gasteiger partial charge is 0.225 e. The first-order chi connectivity index (χ1) is 14.2. The summed E-state index contributed by atoms with van der Waals surface area (Å²) in [7, 11) is 0. The third kappa shape index (κ3) is 6.99. The number of hydrogen-bond acceptors (Lipinski definition) is 4. The molecule has 30 heavy (non-hydrogen) atoms. The lowest BCUT2D eigenvalue weighted by molar-refractivity contribution is -0.135. The fraction of sp³-hybridized carbons (Fsp3) is 0.682. The molecule has 1 aromatic rings. The van der Waals surface area contributed by atoms with Crippen LogP contribution >= 0.6 is 24.0 Å². The highest BCUT2D eigenvalue weighted by Crippen LogP contribution is 2.26. The van der Waals surface area contributed by atoms with E-state index in [1.807, 2.05) is 24.0 Å². The molecule has 7 nitrogen and oxygen atoms in total. The molecule has 0 radical (unpaired) electrons. The Kier molecular flexibility index (Phi) is 10.7. The van der Waals surface area contributed by atoms with Crippen molar-refractivity contribution < 1.29 is 9.53 Å². The SMILES string of the molecule is CCNC(=NCc1cccnc1OCC)NC1CCN(C(=O)C2CCCCC2)C1.I. The number of halogens is 1. The van der Waals surface area contributed by atoms with Crippen molar-refractivity contribution >= 4 is 35.8 Å². The zero-order chi connectivity index (χ0) is 20.5. The normalized spacial score (nSPS) is 19.9. The van der Waals surface area contributed by atoms with Crippen LogP contribution in [0.2, 0.25) is 0 Å². The van der Waals surface area contributed by atoms with Crippen LogP contribution in [0.3, 0.4) is 0 Å². The van der Waals surface area contributed by atoms with Gasteiger partial charge in [-0.1, -0.05) is 25.3 Å². The van der Waals surface area contributed by atoms with Gasteiger partial charge >= 0.3 is 0 Å². The minimum atomic E-state index is 0. The van der Waals surface area contributed by atoms with Crippen LogP contribution in [0.15, 0.2) is 23.3 Å². The highest BCUT2D eigenvalue weighted by Gasteiger charge is 2.31. The molecule has 2 N–H and O–H groups in total. The van der Waals surface area contributed by atoms with Crippen LogP contribution in [-0.2, 0) is 11.3 Å². The molecule has 2 fully saturated rings. The molecule has 3 rings (SSSR count). The lowest BCUT2D eigenvalue weighted by atomic mass is 9.88. The Bertz CT molecular complexity index is 694. The van der Waals surface area contributed by atoms with Crippen molar-refractivity contribution in [1.82, 2.24) is 20.5 Å². The van der Waals surface area contributed by atoms with E-state index < -0.39 is 0 Å². The van der Waals surface area contributed by atoms with Crippen LogP contribution in [0.4, 0.5) is 0 Å². The molecular weight excluding hydrogens is 493 g/mol. The van der Waals surface area contributed by atoms with Gasteiger partial charge < -0.3 is 20.3 Å². The topological polar surface area (TPSA) is 78.9 Å². The maximum Gasteiger partial charge on any atom is 0.225 e. The average Bonchev–Trinajstić information content (AvgIpc) is 3.22. The Balaban J connectivity index is 0.00000320. The molecule has 0 spiro atoms. The molecule has 1 aliphatic heterocycles. The van der Waals surface area contributed by atoms with Crippen molar-refractivity contribution in [3.8, 4) is 5.88 Å². The molecule has 2 aliphatic rings. The second-order valence-corrected chi connectivity index (χ2v) is 7.84. The van der Waals surface area contributed by atoms with Crippen LogP contribution in [0.5, 0.6) is 5.88 Å². The molecule has 1 unspecified atom stereocenters. The molecule has 1 atom stereocenters. The summed E-state index contributed by atoms with van der Waals surface area (Å²) in [5.41, 5.74) is 0.965. The van der Waals surface area contributed by atoms with E-state index in [9.17, 15) is 4.79 Å². The van der Waals surface area contributed by atoms with Gasteiger partial charge in [0.1, 0.15) is 0 Å².